The van der Waals surface area contributed by atoms with E-state index in [-0.39, 0.29) is 17.9 Å². The van der Waals surface area contributed by atoms with Crippen LogP contribution in [0.1, 0.15) is 43.0 Å². The van der Waals surface area contributed by atoms with Crippen molar-refractivity contribution in [2.75, 3.05) is 30.7 Å². The maximum Gasteiger partial charge on any atom is 0.251 e. The van der Waals surface area contributed by atoms with Gasteiger partial charge in [-0.25, -0.2) is 0 Å². The van der Waals surface area contributed by atoms with E-state index >= 15 is 0 Å². The Kier molecular flexibility index (Phi) is 5.07. The summed E-state index contributed by atoms with van der Waals surface area (Å²) < 4.78 is 0. The first-order chi connectivity index (χ1) is 10.1. The molecule has 0 aliphatic heterocycles. The van der Waals surface area contributed by atoms with Gasteiger partial charge in [-0.1, -0.05) is 12.8 Å². The van der Waals surface area contributed by atoms with E-state index in [0.29, 0.717) is 24.3 Å². The van der Waals surface area contributed by atoms with Crippen molar-refractivity contribution < 1.29 is 9.90 Å². The Bertz CT molecular complexity index is 496. The van der Waals surface area contributed by atoms with E-state index in [0.717, 1.165) is 31.4 Å². The van der Waals surface area contributed by atoms with Crippen LogP contribution in [0.15, 0.2) is 18.2 Å². The van der Waals surface area contributed by atoms with Crippen molar-refractivity contribution in [2.45, 2.75) is 32.6 Å². The topological polar surface area (TPSA) is 87.4 Å². The molecule has 21 heavy (non-hydrogen) atoms. The first-order valence-electron chi connectivity index (χ1n) is 7.63. The van der Waals surface area contributed by atoms with Gasteiger partial charge >= 0.3 is 0 Å². The zero-order valence-corrected chi connectivity index (χ0v) is 12.6. The smallest absolute Gasteiger partial charge is 0.251 e. The Morgan fingerprint density at radius 2 is 2.10 bits per heavy atom. The quantitative estimate of drug-likeness (QED) is 0.604. The van der Waals surface area contributed by atoms with Crippen LogP contribution in [0.25, 0.3) is 0 Å². The zero-order valence-electron chi connectivity index (χ0n) is 12.6. The molecule has 0 atom stereocenters. The van der Waals surface area contributed by atoms with Gasteiger partial charge in [-0.05, 0) is 38.0 Å². The lowest BCUT2D eigenvalue weighted by atomic mass is 9.87. The van der Waals surface area contributed by atoms with Gasteiger partial charge in [-0.15, -0.1) is 0 Å². The highest BCUT2D eigenvalue weighted by Gasteiger charge is 2.33. The second kappa shape index (κ2) is 6.80. The van der Waals surface area contributed by atoms with Crippen LogP contribution in [-0.2, 0) is 0 Å². The summed E-state index contributed by atoms with van der Waals surface area (Å²) in [6, 6.07) is 5.25. The van der Waals surface area contributed by atoms with Crippen LogP contribution in [0.5, 0.6) is 0 Å². The molecule has 1 fully saturated rings. The van der Waals surface area contributed by atoms with Gasteiger partial charge in [0.25, 0.3) is 5.91 Å². The molecule has 2 rings (SSSR count). The lowest BCUT2D eigenvalue weighted by Crippen LogP contribution is -2.31. The molecule has 0 radical (unpaired) electrons. The lowest BCUT2D eigenvalue weighted by molar-refractivity contribution is 0.0956. The number of carbonyl (C=O) groups is 1. The third kappa shape index (κ3) is 3.67. The van der Waals surface area contributed by atoms with Gasteiger partial charge in [0.2, 0.25) is 0 Å². The van der Waals surface area contributed by atoms with Crippen LogP contribution < -0.4 is 16.4 Å². The molecular weight excluding hydrogens is 266 g/mol. The predicted molar refractivity (Wildman–Crippen MR) is 85.3 cm³/mol. The third-order valence-corrected chi connectivity index (χ3v) is 4.31. The number of hydrogen-bond donors (Lipinski definition) is 4. The summed E-state index contributed by atoms with van der Waals surface area (Å²) in [5.41, 5.74) is 7.91. The van der Waals surface area contributed by atoms with Gasteiger partial charge in [-0.3, -0.25) is 4.79 Å². The van der Waals surface area contributed by atoms with Gasteiger partial charge in [-0.2, -0.15) is 0 Å². The highest BCUT2D eigenvalue weighted by atomic mass is 16.3. The van der Waals surface area contributed by atoms with Crippen molar-refractivity contribution in [3.8, 4) is 0 Å². The normalized spacial score (nSPS) is 16.7. The lowest BCUT2D eigenvalue weighted by Gasteiger charge is -2.27. The van der Waals surface area contributed by atoms with E-state index in [2.05, 4.69) is 10.6 Å². The standard InChI is InChI=1S/C16H25N3O2/c1-2-18-15(21)12-5-6-13(17)14(9-12)19-10-16(11-20)7-3-4-8-16/h5-6,9,19-20H,2-4,7-8,10-11,17H2,1H3,(H,18,21). The van der Waals surface area contributed by atoms with E-state index in [1.807, 2.05) is 6.92 Å². The molecule has 5 heteroatoms. The minimum atomic E-state index is -0.0988. The van der Waals surface area contributed by atoms with Crippen LogP contribution in [0, 0.1) is 5.41 Å². The zero-order chi connectivity index (χ0) is 15.3. The molecule has 0 spiro atoms. The number of aliphatic hydroxyl groups excluding tert-OH is 1. The maximum absolute atomic E-state index is 11.9. The van der Waals surface area contributed by atoms with Crippen molar-refractivity contribution in [2.24, 2.45) is 5.41 Å². The largest absolute Gasteiger partial charge is 0.397 e. The number of aliphatic hydroxyl groups is 1. The van der Waals surface area contributed by atoms with Gasteiger partial charge in [0, 0.05) is 24.1 Å². The first kappa shape index (κ1) is 15.6. The van der Waals surface area contributed by atoms with Gasteiger partial charge in [0.1, 0.15) is 0 Å². The highest BCUT2D eigenvalue weighted by molar-refractivity contribution is 5.96. The Hall–Kier alpha value is -1.75. The highest BCUT2D eigenvalue weighted by Crippen LogP contribution is 2.38. The Morgan fingerprint density at radius 3 is 2.71 bits per heavy atom. The van der Waals surface area contributed by atoms with Crippen LogP contribution >= 0.6 is 0 Å². The van der Waals surface area contributed by atoms with Crippen LogP contribution in [0.4, 0.5) is 11.4 Å². The molecule has 0 bridgehead atoms. The average molecular weight is 291 g/mol. The summed E-state index contributed by atoms with van der Waals surface area (Å²) in [7, 11) is 0. The number of carbonyl (C=O) groups excluding carboxylic acids is 1. The molecule has 1 amide bonds. The summed E-state index contributed by atoms with van der Waals surface area (Å²) in [6.07, 6.45) is 4.40. The van der Waals surface area contributed by atoms with Crippen molar-refractivity contribution in [3.05, 3.63) is 23.8 Å². The van der Waals surface area contributed by atoms with Crippen molar-refractivity contribution in [1.29, 1.82) is 0 Å². The number of hydrogen-bond acceptors (Lipinski definition) is 4. The van der Waals surface area contributed by atoms with Crippen LogP contribution in [-0.4, -0.2) is 30.7 Å². The number of benzene rings is 1. The molecule has 0 aromatic heterocycles. The number of nitrogen functional groups attached to an aromatic ring is 1. The average Bonchev–Trinajstić information content (AvgIpc) is 2.96. The summed E-state index contributed by atoms with van der Waals surface area (Å²) in [6.45, 7) is 3.36. The molecule has 0 saturated heterocycles. The minimum Gasteiger partial charge on any atom is -0.397 e. The van der Waals surface area contributed by atoms with Gasteiger partial charge in [0.15, 0.2) is 0 Å². The number of anilines is 2. The predicted octanol–water partition coefficient (Wildman–Crippen LogP) is 1.98. The Labute approximate surface area is 125 Å². The number of nitrogens with two attached hydrogens (primary N) is 1. The fraction of sp³-hybridized carbons (Fsp3) is 0.562. The fourth-order valence-electron chi connectivity index (χ4n) is 2.91. The Balaban J connectivity index is 2.08. The van der Waals surface area contributed by atoms with E-state index in [9.17, 15) is 9.90 Å². The molecule has 5 N–H and O–H groups in total. The van der Waals surface area contributed by atoms with Gasteiger partial charge < -0.3 is 21.5 Å². The number of amides is 1. The maximum atomic E-state index is 11.9. The molecule has 5 nitrogen and oxygen atoms in total. The van der Waals surface area contributed by atoms with E-state index in [1.165, 1.54) is 0 Å². The van der Waals surface area contributed by atoms with Gasteiger partial charge in [0.05, 0.1) is 18.0 Å². The third-order valence-electron chi connectivity index (χ3n) is 4.31. The molecule has 1 aromatic carbocycles. The van der Waals surface area contributed by atoms with Crippen molar-refractivity contribution in [1.82, 2.24) is 5.32 Å². The minimum absolute atomic E-state index is 0.0475. The molecule has 0 heterocycles. The number of rotatable bonds is 6. The molecule has 116 valence electrons. The first-order valence-corrected chi connectivity index (χ1v) is 7.63. The van der Waals surface area contributed by atoms with Crippen molar-refractivity contribution >= 4 is 17.3 Å². The molecule has 0 unspecified atom stereocenters. The van der Waals surface area contributed by atoms with E-state index in [1.54, 1.807) is 18.2 Å². The summed E-state index contributed by atoms with van der Waals surface area (Å²) in [4.78, 5) is 11.9. The molecule has 1 aliphatic carbocycles. The SMILES string of the molecule is CCNC(=O)c1ccc(N)c(NCC2(CO)CCCC2)c1. The van der Waals surface area contributed by atoms with Crippen LogP contribution in [0.2, 0.25) is 0 Å². The molecular formula is C16H25N3O2. The van der Waals surface area contributed by atoms with E-state index < -0.39 is 0 Å². The second-order valence-corrected chi connectivity index (χ2v) is 5.88. The fourth-order valence-corrected chi connectivity index (χ4v) is 2.91. The van der Waals surface area contributed by atoms with Crippen LogP contribution in [0.3, 0.4) is 0 Å². The summed E-state index contributed by atoms with van der Waals surface area (Å²) >= 11 is 0. The summed E-state index contributed by atoms with van der Waals surface area (Å²) in [5, 5.41) is 15.7. The Morgan fingerprint density at radius 1 is 1.38 bits per heavy atom. The molecule has 1 saturated carbocycles. The summed E-state index contributed by atoms with van der Waals surface area (Å²) in [5.74, 6) is -0.0988. The number of nitrogens with one attached hydrogen (secondary N) is 2. The van der Waals surface area contributed by atoms with Crippen molar-refractivity contribution in [3.63, 3.8) is 0 Å². The molecule has 1 aromatic rings. The second-order valence-electron chi connectivity index (χ2n) is 5.88. The van der Waals surface area contributed by atoms with E-state index in [4.69, 9.17) is 5.73 Å². The molecule has 1 aliphatic rings. The monoisotopic (exact) mass is 291 g/mol.